The van der Waals surface area contributed by atoms with E-state index >= 15 is 0 Å². The van der Waals surface area contributed by atoms with E-state index in [9.17, 15) is 17.2 Å². The SMILES string of the molecule is O=S(=O)(NCC1CC(O)C1)c1ccc(OC(F)F)c(Cl)c1. The molecule has 0 amide bonds. The summed E-state index contributed by atoms with van der Waals surface area (Å²) in [5.74, 6) is -0.181. The molecule has 0 heterocycles. The molecule has 0 aliphatic heterocycles. The molecule has 21 heavy (non-hydrogen) atoms. The van der Waals surface area contributed by atoms with Gasteiger partial charge >= 0.3 is 6.61 Å². The molecular formula is C12H14ClF2NO4S. The summed E-state index contributed by atoms with van der Waals surface area (Å²) >= 11 is 5.72. The lowest BCUT2D eigenvalue weighted by atomic mass is 9.83. The second-order valence-corrected chi connectivity index (χ2v) is 6.99. The summed E-state index contributed by atoms with van der Waals surface area (Å²) in [4.78, 5) is -0.131. The molecule has 5 nitrogen and oxygen atoms in total. The van der Waals surface area contributed by atoms with Crippen LogP contribution in [0.1, 0.15) is 12.8 Å². The Morgan fingerprint density at radius 1 is 1.43 bits per heavy atom. The van der Waals surface area contributed by atoms with Crippen LogP contribution < -0.4 is 9.46 Å². The lowest BCUT2D eigenvalue weighted by Gasteiger charge is -2.31. The van der Waals surface area contributed by atoms with Crippen LogP contribution in [0, 0.1) is 5.92 Å². The Balaban J connectivity index is 2.04. The van der Waals surface area contributed by atoms with Gasteiger partial charge in [-0.05, 0) is 37.0 Å². The normalized spacial score (nSPS) is 22.1. The molecule has 0 unspecified atom stereocenters. The van der Waals surface area contributed by atoms with Crippen molar-refractivity contribution in [3.05, 3.63) is 23.2 Å². The van der Waals surface area contributed by atoms with Gasteiger partial charge in [0.2, 0.25) is 10.0 Å². The molecule has 1 fully saturated rings. The Labute approximate surface area is 125 Å². The van der Waals surface area contributed by atoms with Crippen LogP contribution >= 0.6 is 11.6 Å². The highest BCUT2D eigenvalue weighted by Crippen LogP contribution is 2.29. The van der Waals surface area contributed by atoms with Crippen molar-refractivity contribution in [1.29, 1.82) is 0 Å². The zero-order chi connectivity index (χ0) is 15.6. The first-order valence-corrected chi connectivity index (χ1v) is 8.06. The number of hydrogen-bond acceptors (Lipinski definition) is 4. The fourth-order valence-corrected chi connectivity index (χ4v) is 3.45. The second-order valence-electron chi connectivity index (χ2n) is 4.81. The summed E-state index contributed by atoms with van der Waals surface area (Å²) in [6, 6.07) is 3.27. The molecule has 118 valence electrons. The van der Waals surface area contributed by atoms with Crippen molar-refractivity contribution in [1.82, 2.24) is 4.72 Å². The van der Waals surface area contributed by atoms with E-state index in [1.165, 1.54) is 0 Å². The molecule has 0 bridgehead atoms. The lowest BCUT2D eigenvalue weighted by molar-refractivity contribution is -0.0498. The number of aliphatic hydroxyl groups is 1. The molecule has 0 radical (unpaired) electrons. The predicted octanol–water partition coefficient (Wildman–Crippen LogP) is 1.99. The number of benzene rings is 1. The Morgan fingerprint density at radius 3 is 2.62 bits per heavy atom. The maximum absolute atomic E-state index is 12.1. The molecule has 1 saturated carbocycles. The zero-order valence-corrected chi connectivity index (χ0v) is 12.4. The Bertz CT molecular complexity index is 605. The van der Waals surface area contributed by atoms with Crippen LogP contribution in [0.4, 0.5) is 8.78 Å². The summed E-state index contributed by atoms with van der Waals surface area (Å²) in [5, 5.41) is 8.92. The van der Waals surface area contributed by atoms with Crippen molar-refractivity contribution >= 4 is 21.6 Å². The molecule has 0 atom stereocenters. The third kappa shape index (κ3) is 4.26. The summed E-state index contributed by atoms with van der Waals surface area (Å²) in [6.45, 7) is -2.82. The van der Waals surface area contributed by atoms with Crippen LogP contribution in [0.25, 0.3) is 0 Å². The molecule has 0 aromatic heterocycles. The monoisotopic (exact) mass is 341 g/mol. The minimum atomic E-state index is -3.78. The molecule has 1 aliphatic carbocycles. The fraction of sp³-hybridized carbons (Fsp3) is 0.500. The molecule has 1 aromatic carbocycles. The first kappa shape index (κ1) is 16.4. The Kier molecular flexibility index (Phi) is 5.03. The van der Waals surface area contributed by atoms with Crippen LogP contribution in [0.5, 0.6) is 5.75 Å². The van der Waals surface area contributed by atoms with Gasteiger partial charge in [0.1, 0.15) is 5.75 Å². The average Bonchev–Trinajstić information content (AvgIpc) is 2.35. The van der Waals surface area contributed by atoms with Crippen molar-refractivity contribution < 1.29 is 27.0 Å². The summed E-state index contributed by atoms with van der Waals surface area (Å²) in [5.41, 5.74) is 0. The first-order valence-electron chi connectivity index (χ1n) is 6.20. The van der Waals surface area contributed by atoms with Gasteiger partial charge in [0.25, 0.3) is 0 Å². The van der Waals surface area contributed by atoms with Gasteiger partial charge in [-0.2, -0.15) is 8.78 Å². The topological polar surface area (TPSA) is 75.6 Å². The summed E-state index contributed by atoms with van der Waals surface area (Å²) in [7, 11) is -3.78. The van der Waals surface area contributed by atoms with Gasteiger partial charge in [0, 0.05) is 6.54 Å². The maximum Gasteiger partial charge on any atom is 0.387 e. The van der Waals surface area contributed by atoms with Gasteiger partial charge in [-0.15, -0.1) is 0 Å². The van der Waals surface area contributed by atoms with Gasteiger partial charge in [-0.3, -0.25) is 0 Å². The van der Waals surface area contributed by atoms with Crippen LogP contribution in [0.3, 0.4) is 0 Å². The quantitative estimate of drug-likeness (QED) is 0.829. The fourth-order valence-electron chi connectivity index (χ4n) is 2.02. The molecule has 0 saturated heterocycles. The van der Waals surface area contributed by atoms with E-state index in [2.05, 4.69) is 9.46 Å². The van der Waals surface area contributed by atoms with E-state index < -0.39 is 16.6 Å². The largest absolute Gasteiger partial charge is 0.433 e. The molecule has 0 spiro atoms. The summed E-state index contributed by atoms with van der Waals surface area (Å²) in [6.07, 6.45) is 0.759. The van der Waals surface area contributed by atoms with Crippen LogP contribution in [0.2, 0.25) is 5.02 Å². The van der Waals surface area contributed by atoms with E-state index in [0.717, 1.165) is 18.2 Å². The number of ether oxygens (including phenoxy) is 1. The lowest BCUT2D eigenvalue weighted by Crippen LogP contribution is -2.38. The van der Waals surface area contributed by atoms with Crippen molar-refractivity contribution in [2.45, 2.75) is 30.5 Å². The standard InChI is InChI=1S/C12H14ClF2NO4S/c13-10-5-9(1-2-11(10)20-12(14)15)21(18,19)16-6-7-3-8(17)4-7/h1-2,5,7-8,12,16-17H,3-4,6H2. The molecule has 9 heteroatoms. The predicted molar refractivity (Wildman–Crippen MR) is 72.0 cm³/mol. The molecule has 2 rings (SSSR count). The smallest absolute Gasteiger partial charge is 0.387 e. The second kappa shape index (κ2) is 6.43. The van der Waals surface area contributed by atoms with E-state index in [1.54, 1.807) is 0 Å². The van der Waals surface area contributed by atoms with Gasteiger partial charge in [0.15, 0.2) is 0 Å². The highest BCUT2D eigenvalue weighted by atomic mass is 35.5. The van der Waals surface area contributed by atoms with Crippen LogP contribution in [0.15, 0.2) is 23.1 Å². The molecular weight excluding hydrogens is 328 g/mol. The first-order chi connectivity index (χ1) is 9.78. The highest BCUT2D eigenvalue weighted by molar-refractivity contribution is 7.89. The van der Waals surface area contributed by atoms with Gasteiger partial charge in [0.05, 0.1) is 16.0 Å². The third-order valence-corrected chi connectivity index (χ3v) is 4.92. The van der Waals surface area contributed by atoms with Gasteiger partial charge in [-0.25, -0.2) is 13.1 Å². The highest BCUT2D eigenvalue weighted by Gasteiger charge is 2.28. The van der Waals surface area contributed by atoms with Gasteiger partial charge < -0.3 is 9.84 Å². The minimum Gasteiger partial charge on any atom is -0.433 e. The van der Waals surface area contributed by atoms with Crippen LogP contribution in [-0.4, -0.2) is 32.8 Å². The number of hydrogen-bond donors (Lipinski definition) is 2. The van der Waals surface area contributed by atoms with Crippen molar-refractivity contribution in [2.75, 3.05) is 6.54 Å². The zero-order valence-electron chi connectivity index (χ0n) is 10.8. The van der Waals surface area contributed by atoms with Crippen LogP contribution in [-0.2, 0) is 10.0 Å². The Morgan fingerprint density at radius 2 is 2.10 bits per heavy atom. The van der Waals surface area contributed by atoms with Gasteiger partial charge in [-0.1, -0.05) is 11.6 Å². The van der Waals surface area contributed by atoms with Crippen molar-refractivity contribution in [3.8, 4) is 5.75 Å². The van der Waals surface area contributed by atoms with E-state index in [1.807, 2.05) is 0 Å². The van der Waals surface area contributed by atoms with E-state index in [0.29, 0.717) is 12.8 Å². The number of aliphatic hydroxyl groups excluding tert-OH is 1. The third-order valence-electron chi connectivity index (χ3n) is 3.20. The number of nitrogens with one attached hydrogen (secondary N) is 1. The molecule has 1 aromatic rings. The van der Waals surface area contributed by atoms with E-state index in [4.69, 9.17) is 16.7 Å². The van der Waals surface area contributed by atoms with Crippen molar-refractivity contribution in [2.24, 2.45) is 5.92 Å². The molecule has 1 aliphatic rings. The molecule has 2 N–H and O–H groups in total. The summed E-state index contributed by atoms with van der Waals surface area (Å²) < 4.78 is 54.8. The number of halogens is 3. The number of rotatable bonds is 6. The van der Waals surface area contributed by atoms with Crippen molar-refractivity contribution in [3.63, 3.8) is 0 Å². The minimum absolute atomic E-state index is 0.103. The number of alkyl halides is 2. The maximum atomic E-state index is 12.1. The number of sulfonamides is 1. The van der Waals surface area contributed by atoms with E-state index in [-0.39, 0.29) is 34.2 Å². The Hall–Kier alpha value is -0.960. The average molecular weight is 342 g/mol.